The van der Waals surface area contributed by atoms with Crippen molar-refractivity contribution < 1.29 is 14.4 Å². The average molecular weight is 333 g/mol. The number of pyridine rings is 1. The topological polar surface area (TPSA) is 105 Å². The van der Waals surface area contributed by atoms with Crippen LogP contribution in [0.5, 0.6) is 0 Å². The summed E-state index contributed by atoms with van der Waals surface area (Å²) in [5, 5.41) is 9.61. The van der Waals surface area contributed by atoms with Crippen molar-refractivity contribution in [3.63, 3.8) is 0 Å². The van der Waals surface area contributed by atoms with Crippen LogP contribution in [0, 0.1) is 6.92 Å². The number of hydrogen-bond donors (Lipinski definition) is 0. The molecule has 0 saturated heterocycles. The van der Waals surface area contributed by atoms with E-state index in [4.69, 9.17) is 9.59 Å². The summed E-state index contributed by atoms with van der Waals surface area (Å²) >= 11 is 1.09. The number of nitrogens with zero attached hydrogens (tertiary/aromatic N) is 5. The van der Waals surface area contributed by atoms with E-state index in [-0.39, 0.29) is 12.1 Å². The van der Waals surface area contributed by atoms with Crippen LogP contribution in [0.4, 0.5) is 0 Å². The number of hydrogen-bond acceptors (Lipinski definition) is 8. The summed E-state index contributed by atoms with van der Waals surface area (Å²) in [7, 11) is 0. The minimum absolute atomic E-state index is 0.185. The molecule has 0 fully saturated rings. The average Bonchev–Trinajstić information content (AvgIpc) is 2.99. The fourth-order valence-electron chi connectivity index (χ4n) is 1.61. The molecule has 23 heavy (non-hydrogen) atoms. The number of hydrazone groups is 1. The van der Waals surface area contributed by atoms with Gasteiger partial charge in [-0.15, -0.1) is 5.10 Å². The van der Waals surface area contributed by atoms with Gasteiger partial charge in [-0.3, -0.25) is 9.78 Å². The van der Waals surface area contributed by atoms with Crippen LogP contribution < -0.4 is 0 Å². The van der Waals surface area contributed by atoms with Crippen LogP contribution in [-0.4, -0.2) is 43.9 Å². The lowest BCUT2D eigenvalue weighted by molar-refractivity contribution is -0.191. The number of carbonyl (C=O) groups is 1. The Morgan fingerprint density at radius 2 is 2.09 bits per heavy atom. The van der Waals surface area contributed by atoms with Gasteiger partial charge in [0.05, 0.1) is 17.1 Å². The van der Waals surface area contributed by atoms with Crippen LogP contribution in [0.15, 0.2) is 29.5 Å². The van der Waals surface area contributed by atoms with E-state index in [1.807, 2.05) is 32.0 Å². The molecule has 0 atom stereocenters. The minimum atomic E-state index is -0.185. The summed E-state index contributed by atoms with van der Waals surface area (Å²) in [6, 6.07) is 5.58. The van der Waals surface area contributed by atoms with E-state index in [0.29, 0.717) is 22.8 Å². The highest BCUT2D eigenvalue weighted by Gasteiger charge is 2.19. The van der Waals surface area contributed by atoms with E-state index in [9.17, 15) is 4.79 Å². The molecule has 0 aliphatic heterocycles. The molecule has 9 heteroatoms. The Labute approximate surface area is 137 Å². The van der Waals surface area contributed by atoms with Crippen molar-refractivity contribution in [1.29, 1.82) is 0 Å². The van der Waals surface area contributed by atoms with E-state index >= 15 is 0 Å². The summed E-state index contributed by atoms with van der Waals surface area (Å²) in [4.78, 5) is 33.3. The highest BCUT2D eigenvalue weighted by atomic mass is 32.1. The van der Waals surface area contributed by atoms with Gasteiger partial charge >= 0.3 is 6.15 Å². The summed E-state index contributed by atoms with van der Waals surface area (Å²) < 4.78 is 3.78. The molecule has 0 unspecified atom stereocenters. The smallest absolute Gasteiger partial charge is 0.266 e. The van der Waals surface area contributed by atoms with E-state index in [1.165, 1.54) is 5.01 Å². The third-order valence-corrected chi connectivity index (χ3v) is 3.50. The maximum Gasteiger partial charge on any atom is 0.373 e. The Kier molecular flexibility index (Phi) is 7.38. The van der Waals surface area contributed by atoms with Gasteiger partial charge in [0.25, 0.3) is 5.91 Å². The van der Waals surface area contributed by atoms with Crippen molar-refractivity contribution >= 4 is 29.3 Å². The lowest BCUT2D eigenvalue weighted by atomic mass is 10.3. The summed E-state index contributed by atoms with van der Waals surface area (Å²) in [6.07, 6.45) is 1.95. The summed E-state index contributed by atoms with van der Waals surface area (Å²) in [6.45, 7) is 5.94. The standard InChI is InChI=1S/C13H15N5OS.CO2/c1-4-18(13(19)12-10(3)15-17-20-12)16-9(2)11-7-5-6-8-14-11;2-1-3/h5-8H,4H2,1-3H3;/b16-9+;. The molecule has 0 saturated carbocycles. The van der Waals surface area contributed by atoms with Crippen LogP contribution >= 0.6 is 11.5 Å². The van der Waals surface area contributed by atoms with Gasteiger partial charge in [-0.2, -0.15) is 14.7 Å². The van der Waals surface area contributed by atoms with Crippen molar-refractivity contribution in [3.8, 4) is 0 Å². The van der Waals surface area contributed by atoms with E-state index < -0.39 is 0 Å². The highest BCUT2D eigenvalue weighted by molar-refractivity contribution is 7.07. The second-order valence-corrected chi connectivity index (χ2v) is 4.95. The Morgan fingerprint density at radius 1 is 1.39 bits per heavy atom. The zero-order valence-corrected chi connectivity index (χ0v) is 13.7. The first-order chi connectivity index (χ1) is 11.0. The van der Waals surface area contributed by atoms with Crippen molar-refractivity contribution in [3.05, 3.63) is 40.7 Å². The minimum Gasteiger partial charge on any atom is -0.266 e. The zero-order chi connectivity index (χ0) is 17.2. The Bertz CT molecular complexity index is 708. The molecule has 0 radical (unpaired) electrons. The molecule has 8 nitrogen and oxygen atoms in total. The maximum atomic E-state index is 12.4. The molecule has 2 aromatic heterocycles. The van der Waals surface area contributed by atoms with Crippen molar-refractivity contribution in [2.24, 2.45) is 5.10 Å². The molecule has 2 heterocycles. The lowest BCUT2D eigenvalue weighted by Gasteiger charge is -2.15. The molecular formula is C14H15N5O3S. The number of carbonyl (C=O) groups excluding carboxylic acids is 3. The molecule has 2 rings (SSSR count). The molecule has 0 aromatic carbocycles. The lowest BCUT2D eigenvalue weighted by Crippen LogP contribution is -2.27. The molecule has 0 spiro atoms. The molecule has 2 aromatic rings. The summed E-state index contributed by atoms with van der Waals surface area (Å²) in [5.74, 6) is -0.185. The molecule has 0 N–H and O–H groups in total. The normalized spacial score (nSPS) is 10.3. The maximum absolute atomic E-state index is 12.4. The number of rotatable bonds is 4. The van der Waals surface area contributed by atoms with Crippen molar-refractivity contribution in [2.45, 2.75) is 20.8 Å². The monoisotopic (exact) mass is 333 g/mol. The zero-order valence-electron chi connectivity index (χ0n) is 12.9. The highest BCUT2D eigenvalue weighted by Crippen LogP contribution is 2.13. The second-order valence-electron chi connectivity index (χ2n) is 4.19. The van der Waals surface area contributed by atoms with Crippen molar-refractivity contribution in [1.82, 2.24) is 19.6 Å². The predicted molar refractivity (Wildman–Crippen MR) is 82.8 cm³/mol. The molecule has 0 bridgehead atoms. The Hall–Kier alpha value is -2.77. The first kappa shape index (κ1) is 18.3. The van der Waals surface area contributed by atoms with Crippen LogP contribution in [0.2, 0.25) is 0 Å². The van der Waals surface area contributed by atoms with E-state index in [0.717, 1.165) is 17.2 Å². The second kappa shape index (κ2) is 9.29. The molecule has 120 valence electrons. The van der Waals surface area contributed by atoms with Crippen LogP contribution in [0.25, 0.3) is 0 Å². The van der Waals surface area contributed by atoms with E-state index in [1.54, 1.807) is 13.1 Å². The fourth-order valence-corrected chi connectivity index (χ4v) is 2.22. The van der Waals surface area contributed by atoms with Crippen molar-refractivity contribution in [2.75, 3.05) is 6.54 Å². The largest absolute Gasteiger partial charge is 0.373 e. The van der Waals surface area contributed by atoms with Gasteiger partial charge in [0.2, 0.25) is 0 Å². The number of amides is 1. The van der Waals surface area contributed by atoms with Crippen LogP contribution in [0.1, 0.15) is 34.9 Å². The third-order valence-electron chi connectivity index (χ3n) is 2.69. The Balaban J connectivity index is 0.000000816. The SMILES string of the molecule is CCN(/N=C(\C)c1ccccn1)C(=O)c1snnc1C.O=C=O. The molecule has 0 aliphatic rings. The molecular weight excluding hydrogens is 318 g/mol. The summed E-state index contributed by atoms with van der Waals surface area (Å²) in [5.41, 5.74) is 2.07. The van der Waals surface area contributed by atoms with Gasteiger partial charge in [-0.05, 0) is 44.4 Å². The van der Waals surface area contributed by atoms with Crippen LogP contribution in [-0.2, 0) is 9.59 Å². The van der Waals surface area contributed by atoms with Gasteiger partial charge in [0.1, 0.15) is 4.88 Å². The predicted octanol–water partition coefficient (Wildman–Crippen LogP) is 1.54. The molecule has 1 amide bonds. The van der Waals surface area contributed by atoms with Gasteiger partial charge in [0.15, 0.2) is 0 Å². The van der Waals surface area contributed by atoms with Gasteiger partial charge < -0.3 is 0 Å². The first-order valence-corrected chi connectivity index (χ1v) is 7.39. The Morgan fingerprint density at radius 3 is 2.57 bits per heavy atom. The van der Waals surface area contributed by atoms with Gasteiger partial charge in [-0.1, -0.05) is 10.6 Å². The third kappa shape index (κ3) is 5.17. The number of aryl methyl sites for hydroxylation is 1. The quantitative estimate of drug-likeness (QED) is 0.621. The van der Waals surface area contributed by atoms with E-state index in [2.05, 4.69) is 19.7 Å². The first-order valence-electron chi connectivity index (χ1n) is 6.61. The van der Waals surface area contributed by atoms with Gasteiger partial charge in [-0.25, -0.2) is 5.01 Å². The van der Waals surface area contributed by atoms with Crippen LogP contribution in [0.3, 0.4) is 0 Å². The van der Waals surface area contributed by atoms with Gasteiger partial charge in [0, 0.05) is 12.7 Å². The molecule has 0 aliphatic carbocycles. The number of aromatic nitrogens is 3. The fraction of sp³-hybridized carbons (Fsp3) is 0.286.